The maximum absolute atomic E-state index is 13.4. The van der Waals surface area contributed by atoms with Crippen LogP contribution in [0.25, 0.3) is 0 Å². The minimum Gasteiger partial charge on any atom is -0.388 e. The van der Waals surface area contributed by atoms with Crippen molar-refractivity contribution in [2.45, 2.75) is 57.5 Å². The van der Waals surface area contributed by atoms with E-state index in [9.17, 15) is 24.9 Å². The van der Waals surface area contributed by atoms with Crippen molar-refractivity contribution in [1.82, 2.24) is 0 Å². The Bertz CT molecular complexity index is 757. The number of hydrogen-bond acceptors (Lipinski definition) is 6. The second-order valence-electron chi connectivity index (χ2n) is 9.77. The highest BCUT2D eigenvalue weighted by atomic mass is 16.6. The average molecular weight is 362 g/mol. The molecule has 4 bridgehead atoms. The molecular formula is C20H26O6. The van der Waals surface area contributed by atoms with Crippen LogP contribution in [0.3, 0.4) is 0 Å². The maximum atomic E-state index is 13.4. The van der Waals surface area contributed by atoms with Crippen molar-refractivity contribution < 1.29 is 29.6 Å². The molecule has 6 rings (SSSR count). The minimum absolute atomic E-state index is 0.00293. The molecule has 3 N–H and O–H groups in total. The molecule has 0 aromatic carbocycles. The zero-order valence-electron chi connectivity index (χ0n) is 15.2. The molecule has 142 valence electrons. The lowest BCUT2D eigenvalue weighted by Crippen LogP contribution is -2.80. The molecule has 2 saturated heterocycles. The Labute approximate surface area is 152 Å². The van der Waals surface area contributed by atoms with Crippen LogP contribution in [0.5, 0.6) is 0 Å². The Hall–Kier alpha value is -1.08. The second kappa shape index (κ2) is 4.49. The largest absolute Gasteiger partial charge is 0.388 e. The van der Waals surface area contributed by atoms with Crippen LogP contribution in [0.15, 0.2) is 12.2 Å². The van der Waals surface area contributed by atoms with Gasteiger partial charge in [0.15, 0.2) is 11.6 Å². The van der Waals surface area contributed by atoms with E-state index in [0.29, 0.717) is 18.4 Å². The highest BCUT2D eigenvalue weighted by molar-refractivity contribution is 5.98. The summed E-state index contributed by atoms with van der Waals surface area (Å²) in [5, 5.41) is 33.0. The number of aliphatic hydroxyl groups is 3. The van der Waals surface area contributed by atoms with Crippen LogP contribution in [-0.4, -0.2) is 51.5 Å². The van der Waals surface area contributed by atoms with Crippen molar-refractivity contribution in [3.05, 3.63) is 12.2 Å². The van der Waals surface area contributed by atoms with Crippen LogP contribution in [0.1, 0.15) is 39.5 Å². The van der Waals surface area contributed by atoms with Gasteiger partial charge in [0.25, 0.3) is 0 Å². The van der Waals surface area contributed by atoms with Gasteiger partial charge in [-0.2, -0.15) is 0 Å². The van der Waals surface area contributed by atoms with E-state index in [1.54, 1.807) is 13.8 Å². The molecule has 0 radical (unpaired) electrons. The van der Waals surface area contributed by atoms with Crippen LogP contribution >= 0.6 is 0 Å². The van der Waals surface area contributed by atoms with E-state index in [0.717, 1.165) is 6.42 Å². The molecule has 2 heterocycles. The van der Waals surface area contributed by atoms with Gasteiger partial charge in [-0.05, 0) is 36.7 Å². The molecule has 6 heteroatoms. The maximum Gasteiger partial charge on any atom is 0.177 e. The summed E-state index contributed by atoms with van der Waals surface area (Å²) in [6.07, 6.45) is -0.724. The average Bonchev–Trinajstić information content (AvgIpc) is 2.77. The first kappa shape index (κ1) is 17.0. The Kier molecular flexibility index (Phi) is 2.94. The number of Topliss-reactive ketones (excluding diaryl/α,β-unsaturated/α-hetero) is 2. The molecule has 8 atom stereocenters. The quantitative estimate of drug-likeness (QED) is 0.545. The van der Waals surface area contributed by atoms with Crippen LogP contribution in [0, 0.1) is 34.0 Å². The predicted molar refractivity (Wildman–Crippen MR) is 89.7 cm³/mol. The van der Waals surface area contributed by atoms with Crippen molar-refractivity contribution in [3.8, 4) is 0 Å². The number of carbonyl (C=O) groups is 2. The number of hydrogen-bond donors (Lipinski definition) is 3. The topological polar surface area (TPSA) is 104 Å². The zero-order valence-corrected chi connectivity index (χ0v) is 15.2. The highest BCUT2D eigenvalue weighted by Gasteiger charge is 2.81. The van der Waals surface area contributed by atoms with E-state index in [-0.39, 0.29) is 30.5 Å². The summed E-state index contributed by atoms with van der Waals surface area (Å²) >= 11 is 0. The number of aliphatic hydroxyl groups excluding tert-OH is 2. The van der Waals surface area contributed by atoms with Crippen molar-refractivity contribution in [3.63, 3.8) is 0 Å². The fourth-order valence-corrected chi connectivity index (χ4v) is 7.51. The lowest BCUT2D eigenvalue weighted by molar-refractivity contribution is -0.375. The number of rotatable bonds is 0. The summed E-state index contributed by atoms with van der Waals surface area (Å²) in [5.41, 5.74) is -2.50. The number of ether oxygens (including phenoxy) is 1. The monoisotopic (exact) mass is 362 g/mol. The molecule has 0 aromatic rings. The molecule has 6 nitrogen and oxygen atoms in total. The lowest BCUT2D eigenvalue weighted by Gasteiger charge is -2.70. The summed E-state index contributed by atoms with van der Waals surface area (Å²) in [5.74, 6) is -3.25. The molecule has 26 heavy (non-hydrogen) atoms. The summed E-state index contributed by atoms with van der Waals surface area (Å²) in [6.45, 7) is 7.53. The first-order chi connectivity index (χ1) is 12.0. The normalized spacial score (nSPS) is 57.1. The molecular weight excluding hydrogens is 336 g/mol. The Morgan fingerprint density at radius 3 is 2.50 bits per heavy atom. The Morgan fingerprint density at radius 1 is 1.15 bits per heavy atom. The van der Waals surface area contributed by atoms with E-state index < -0.39 is 46.1 Å². The van der Waals surface area contributed by atoms with E-state index in [4.69, 9.17) is 4.74 Å². The fraction of sp³-hybridized carbons (Fsp3) is 0.800. The van der Waals surface area contributed by atoms with Gasteiger partial charge >= 0.3 is 0 Å². The van der Waals surface area contributed by atoms with Crippen LogP contribution < -0.4 is 0 Å². The van der Waals surface area contributed by atoms with E-state index in [1.165, 1.54) is 0 Å². The van der Waals surface area contributed by atoms with E-state index in [1.807, 2.05) is 0 Å². The SMILES string of the molecule is C=C1[C@@H]2CC[C@@H]3[C@](C2)(C(=O)[C@@H](O)[C@@H]2C(C)(C)[C@@]4(O)CC(=O)[C@@]32CO4)[C@@H]1O. The van der Waals surface area contributed by atoms with Crippen LogP contribution in [0.2, 0.25) is 0 Å². The van der Waals surface area contributed by atoms with E-state index >= 15 is 0 Å². The van der Waals surface area contributed by atoms with Crippen molar-refractivity contribution in [2.24, 2.45) is 34.0 Å². The molecule has 4 aliphatic carbocycles. The van der Waals surface area contributed by atoms with Gasteiger partial charge in [-0.3, -0.25) is 9.59 Å². The van der Waals surface area contributed by atoms with Gasteiger partial charge in [0.1, 0.15) is 11.9 Å². The van der Waals surface area contributed by atoms with Gasteiger partial charge in [-0.25, -0.2) is 0 Å². The Morgan fingerprint density at radius 2 is 1.85 bits per heavy atom. The summed E-state index contributed by atoms with van der Waals surface area (Å²) in [6, 6.07) is 0. The summed E-state index contributed by atoms with van der Waals surface area (Å²) in [7, 11) is 0. The molecule has 0 amide bonds. The third-order valence-electron chi connectivity index (χ3n) is 8.85. The van der Waals surface area contributed by atoms with Gasteiger partial charge < -0.3 is 20.1 Å². The molecule has 0 unspecified atom stereocenters. The van der Waals surface area contributed by atoms with Crippen LogP contribution in [-0.2, 0) is 14.3 Å². The smallest absolute Gasteiger partial charge is 0.177 e. The number of carbonyl (C=O) groups excluding carboxylic acids is 2. The van der Waals surface area contributed by atoms with Gasteiger partial charge in [0.2, 0.25) is 0 Å². The van der Waals surface area contributed by atoms with Crippen molar-refractivity contribution in [2.75, 3.05) is 6.61 Å². The van der Waals surface area contributed by atoms with Gasteiger partial charge in [-0.15, -0.1) is 0 Å². The molecule has 2 aliphatic heterocycles. The predicted octanol–water partition coefficient (Wildman–Crippen LogP) is 0.584. The summed E-state index contributed by atoms with van der Waals surface area (Å²) in [4.78, 5) is 26.7. The molecule has 4 saturated carbocycles. The third kappa shape index (κ3) is 1.42. The summed E-state index contributed by atoms with van der Waals surface area (Å²) < 4.78 is 5.82. The first-order valence-corrected chi connectivity index (χ1v) is 9.53. The van der Waals surface area contributed by atoms with Gasteiger partial charge in [0.05, 0.1) is 30.0 Å². The molecule has 6 fully saturated rings. The second-order valence-corrected chi connectivity index (χ2v) is 9.77. The molecule has 2 spiro atoms. The molecule has 0 aromatic heterocycles. The lowest BCUT2D eigenvalue weighted by atomic mass is 9.37. The number of ketones is 2. The highest BCUT2D eigenvalue weighted by Crippen LogP contribution is 2.73. The Balaban J connectivity index is 1.77. The third-order valence-corrected chi connectivity index (χ3v) is 8.85. The van der Waals surface area contributed by atoms with Crippen molar-refractivity contribution >= 4 is 11.6 Å². The number of fused-ring (bicyclic) bond motifs is 3. The van der Waals surface area contributed by atoms with E-state index in [2.05, 4.69) is 6.58 Å². The zero-order chi connectivity index (χ0) is 18.9. The van der Waals surface area contributed by atoms with Gasteiger partial charge in [-0.1, -0.05) is 20.4 Å². The minimum atomic E-state index is -1.67. The molecule has 6 aliphatic rings. The van der Waals surface area contributed by atoms with Crippen LogP contribution in [0.4, 0.5) is 0 Å². The fourth-order valence-electron chi connectivity index (χ4n) is 7.51. The van der Waals surface area contributed by atoms with Crippen molar-refractivity contribution in [1.29, 1.82) is 0 Å². The standard InChI is InChI=1S/C20H26O6/c1-9-10-4-5-11-18(6-10,15(9)23)16(24)13(22)14-17(2,3)20(25)7-12(21)19(11,14)8-26-20/h10-11,13-15,22-23,25H,1,4-8H2,2-3H3/t10-,11-,13+,14-,15-,18+,19-,20-/m1/s1. The first-order valence-electron chi connectivity index (χ1n) is 9.53. The van der Waals surface area contributed by atoms with Gasteiger partial charge in [0, 0.05) is 11.3 Å².